The van der Waals surface area contributed by atoms with Crippen molar-refractivity contribution in [3.63, 3.8) is 0 Å². The Balaban J connectivity index is 1.91. The minimum Gasteiger partial charge on any atom is -0.493 e. The summed E-state index contributed by atoms with van der Waals surface area (Å²) in [5, 5.41) is 33.2. The van der Waals surface area contributed by atoms with Crippen molar-refractivity contribution in [2.24, 2.45) is 35.0 Å². The molecule has 10 atom stereocenters. The highest BCUT2D eigenvalue weighted by molar-refractivity contribution is 5.99. The lowest BCUT2D eigenvalue weighted by atomic mass is 9.42. The van der Waals surface area contributed by atoms with E-state index in [1.807, 2.05) is 6.92 Å². The molecule has 10 unspecified atom stereocenters. The number of allylic oxidation sites excluding steroid dienone is 2. The Hall–Kier alpha value is -1.44. The molecule has 0 bridgehead atoms. The van der Waals surface area contributed by atoms with Gasteiger partial charge >= 0.3 is 5.97 Å². The second-order valence-corrected chi connectivity index (χ2v) is 9.07. The highest BCUT2D eigenvalue weighted by atomic mass is 16.5. The number of ether oxygens (including phenoxy) is 2. The number of esters is 1. The van der Waals surface area contributed by atoms with Crippen LogP contribution >= 0.6 is 0 Å². The predicted molar refractivity (Wildman–Crippen MR) is 93.1 cm³/mol. The molecule has 7 heteroatoms. The second kappa shape index (κ2) is 5.78. The van der Waals surface area contributed by atoms with Crippen LogP contribution in [-0.2, 0) is 19.1 Å². The van der Waals surface area contributed by atoms with Gasteiger partial charge in [-0.25, -0.2) is 0 Å². The largest absolute Gasteiger partial charge is 0.493 e. The van der Waals surface area contributed by atoms with E-state index in [-0.39, 0.29) is 29.8 Å². The number of rotatable bonds is 1. The Morgan fingerprint density at radius 1 is 1.19 bits per heavy atom. The fourth-order valence-corrected chi connectivity index (χ4v) is 6.58. The Morgan fingerprint density at radius 3 is 2.48 bits per heavy atom. The number of methoxy groups -OCH3 is 1. The molecule has 0 aromatic rings. The first-order valence-electron chi connectivity index (χ1n) is 9.66. The maximum Gasteiger partial charge on any atom is 0.309 e. The van der Waals surface area contributed by atoms with E-state index in [1.165, 1.54) is 7.11 Å². The Labute approximate surface area is 158 Å². The van der Waals surface area contributed by atoms with E-state index < -0.39 is 53.1 Å². The van der Waals surface area contributed by atoms with Crippen LogP contribution in [0.3, 0.4) is 0 Å². The van der Waals surface area contributed by atoms with E-state index >= 15 is 0 Å². The average Bonchev–Trinajstić information content (AvgIpc) is 2.61. The summed E-state index contributed by atoms with van der Waals surface area (Å²) < 4.78 is 10.9. The molecule has 0 amide bonds. The predicted octanol–water partition coefficient (Wildman–Crippen LogP) is 0.412. The van der Waals surface area contributed by atoms with Gasteiger partial charge in [-0.3, -0.25) is 9.59 Å². The third-order valence-corrected chi connectivity index (χ3v) is 8.02. The van der Waals surface area contributed by atoms with Crippen molar-refractivity contribution in [2.45, 2.75) is 57.5 Å². The summed E-state index contributed by atoms with van der Waals surface area (Å²) in [4.78, 5) is 25.6. The normalized spacial score (nSPS) is 54.4. The zero-order valence-corrected chi connectivity index (χ0v) is 16.1. The van der Waals surface area contributed by atoms with Crippen LogP contribution in [0.2, 0.25) is 0 Å². The number of hydrogen-bond acceptors (Lipinski definition) is 7. The Kier molecular flexibility index (Phi) is 4.05. The third-order valence-electron chi connectivity index (χ3n) is 8.02. The van der Waals surface area contributed by atoms with Gasteiger partial charge in [-0.05, 0) is 24.3 Å². The first-order chi connectivity index (χ1) is 12.6. The van der Waals surface area contributed by atoms with Gasteiger partial charge in [-0.2, -0.15) is 0 Å². The van der Waals surface area contributed by atoms with Gasteiger partial charge in [0.25, 0.3) is 0 Å². The molecule has 0 aromatic carbocycles. The van der Waals surface area contributed by atoms with Gasteiger partial charge in [-0.1, -0.05) is 20.8 Å². The monoisotopic (exact) mass is 380 g/mol. The molecule has 0 radical (unpaired) electrons. The molecule has 3 fully saturated rings. The number of carbonyl (C=O) groups excluding carboxylic acids is 2. The molecule has 4 aliphatic rings. The van der Waals surface area contributed by atoms with E-state index in [0.29, 0.717) is 6.42 Å². The third kappa shape index (κ3) is 2.19. The van der Waals surface area contributed by atoms with Crippen molar-refractivity contribution < 1.29 is 34.4 Å². The topological polar surface area (TPSA) is 113 Å². The molecule has 0 aromatic heterocycles. The van der Waals surface area contributed by atoms with Gasteiger partial charge in [0.05, 0.1) is 31.3 Å². The van der Waals surface area contributed by atoms with Crippen LogP contribution in [0.15, 0.2) is 11.8 Å². The highest BCUT2D eigenvalue weighted by Gasteiger charge is 2.72. The maximum atomic E-state index is 13.4. The summed E-state index contributed by atoms with van der Waals surface area (Å²) in [6, 6.07) is 0. The van der Waals surface area contributed by atoms with E-state index in [4.69, 9.17) is 9.47 Å². The zero-order valence-electron chi connectivity index (χ0n) is 16.1. The van der Waals surface area contributed by atoms with Gasteiger partial charge in [0.1, 0.15) is 6.10 Å². The van der Waals surface area contributed by atoms with E-state index in [9.17, 15) is 24.9 Å². The first kappa shape index (κ1) is 18.9. The fourth-order valence-electron chi connectivity index (χ4n) is 6.58. The van der Waals surface area contributed by atoms with Crippen LogP contribution in [0.1, 0.15) is 33.6 Å². The molecule has 7 nitrogen and oxygen atoms in total. The van der Waals surface area contributed by atoms with Crippen LogP contribution in [0.25, 0.3) is 0 Å². The quantitative estimate of drug-likeness (QED) is 0.565. The maximum absolute atomic E-state index is 13.4. The van der Waals surface area contributed by atoms with Crippen LogP contribution in [0.4, 0.5) is 0 Å². The summed E-state index contributed by atoms with van der Waals surface area (Å²) in [6.07, 6.45) is -1.06. The number of Topliss-reactive ketones (excluding diaryl/α,β-unsaturated/α-hetero) is 1. The van der Waals surface area contributed by atoms with Crippen LogP contribution < -0.4 is 0 Å². The fraction of sp³-hybridized carbons (Fsp3) is 0.800. The number of ketones is 1. The molecule has 3 aliphatic carbocycles. The number of carbonyl (C=O) groups is 2. The molecule has 2 saturated carbocycles. The van der Waals surface area contributed by atoms with Crippen LogP contribution in [0.5, 0.6) is 0 Å². The number of fused-ring (bicyclic) bond motifs is 2. The lowest BCUT2D eigenvalue weighted by Crippen LogP contribution is -2.74. The van der Waals surface area contributed by atoms with Gasteiger partial charge in [0.15, 0.2) is 5.76 Å². The summed E-state index contributed by atoms with van der Waals surface area (Å²) in [5.41, 5.74) is -2.55. The molecule has 4 rings (SSSR count). The average molecular weight is 380 g/mol. The summed E-state index contributed by atoms with van der Waals surface area (Å²) in [7, 11) is 1.44. The van der Waals surface area contributed by atoms with Gasteiger partial charge in [-0.15, -0.1) is 0 Å². The van der Waals surface area contributed by atoms with Crippen molar-refractivity contribution in [3.8, 4) is 0 Å². The smallest absolute Gasteiger partial charge is 0.309 e. The molecular formula is C20H28O7. The second-order valence-electron chi connectivity index (χ2n) is 9.07. The van der Waals surface area contributed by atoms with Crippen molar-refractivity contribution in [2.75, 3.05) is 7.11 Å². The Morgan fingerprint density at radius 2 is 1.85 bits per heavy atom. The minimum atomic E-state index is -1.52. The zero-order chi connectivity index (χ0) is 19.9. The molecule has 1 saturated heterocycles. The van der Waals surface area contributed by atoms with Crippen molar-refractivity contribution in [3.05, 3.63) is 11.8 Å². The number of hydrogen-bond donors (Lipinski definition) is 3. The standard InChI is InChI=1S/C20H28O7/c1-8-5-12(26-4)18(24)19(3)10(8)6-11-14-15(19)17(23)16(22)9(2)20(14,25)7-13(21)27-11/h5,8-11,14-17,22-23,25H,6-7H2,1-4H3. The first-order valence-corrected chi connectivity index (χ1v) is 9.66. The lowest BCUT2D eigenvalue weighted by Gasteiger charge is -2.65. The summed E-state index contributed by atoms with van der Waals surface area (Å²) >= 11 is 0. The molecule has 150 valence electrons. The van der Waals surface area contributed by atoms with Gasteiger partial charge < -0.3 is 24.8 Å². The molecular weight excluding hydrogens is 352 g/mol. The number of aliphatic hydroxyl groups excluding tert-OH is 2. The molecule has 27 heavy (non-hydrogen) atoms. The van der Waals surface area contributed by atoms with E-state index in [1.54, 1.807) is 19.9 Å². The lowest BCUT2D eigenvalue weighted by molar-refractivity contribution is -0.288. The summed E-state index contributed by atoms with van der Waals surface area (Å²) in [5.74, 6) is -2.77. The Bertz CT molecular complexity index is 717. The van der Waals surface area contributed by atoms with Crippen LogP contribution in [0, 0.1) is 35.0 Å². The minimum absolute atomic E-state index is 0.0407. The van der Waals surface area contributed by atoms with Crippen molar-refractivity contribution in [1.29, 1.82) is 0 Å². The van der Waals surface area contributed by atoms with Gasteiger partial charge in [0.2, 0.25) is 5.78 Å². The summed E-state index contributed by atoms with van der Waals surface area (Å²) in [6.45, 7) is 5.41. The van der Waals surface area contributed by atoms with E-state index in [0.717, 1.165) is 0 Å². The number of aliphatic hydroxyl groups is 3. The van der Waals surface area contributed by atoms with Crippen molar-refractivity contribution in [1.82, 2.24) is 0 Å². The van der Waals surface area contributed by atoms with Gasteiger partial charge in [0, 0.05) is 23.2 Å². The van der Waals surface area contributed by atoms with E-state index in [2.05, 4.69) is 0 Å². The molecule has 3 N–H and O–H groups in total. The highest BCUT2D eigenvalue weighted by Crippen LogP contribution is 2.63. The SMILES string of the molecule is COC1=CC(C)C2CC3OC(=O)CC4(O)C(C)C(O)C(O)C(C34)C2(C)C1=O. The molecule has 0 spiro atoms. The van der Waals surface area contributed by atoms with Crippen LogP contribution in [-0.4, -0.2) is 58.1 Å². The molecule has 1 aliphatic heterocycles. The molecule has 1 heterocycles. The van der Waals surface area contributed by atoms with Crippen molar-refractivity contribution >= 4 is 11.8 Å².